The Morgan fingerprint density at radius 2 is 2.53 bits per heavy atom. The molecule has 1 fully saturated rings. The highest BCUT2D eigenvalue weighted by atomic mass is 16.5. The highest BCUT2D eigenvalue weighted by Gasteiger charge is 2.16. The molecule has 92 valence electrons. The first-order valence-electron chi connectivity index (χ1n) is 5.78. The minimum Gasteiger partial charge on any atom is -0.376 e. The summed E-state index contributed by atoms with van der Waals surface area (Å²) in [5.74, 6) is -0.0974. The second-order valence-electron chi connectivity index (χ2n) is 4.12. The van der Waals surface area contributed by atoms with Crippen LogP contribution in [0.5, 0.6) is 0 Å². The van der Waals surface area contributed by atoms with Crippen LogP contribution in [-0.2, 0) is 16.1 Å². The maximum atomic E-state index is 11.6. The Bertz CT molecular complexity index is 394. The van der Waals surface area contributed by atoms with Crippen LogP contribution in [0, 0.1) is 0 Å². The number of nitrogens with zero attached hydrogens (tertiary/aromatic N) is 1. The van der Waals surface area contributed by atoms with Gasteiger partial charge < -0.3 is 14.6 Å². The van der Waals surface area contributed by atoms with Gasteiger partial charge in [0.05, 0.1) is 11.8 Å². The van der Waals surface area contributed by atoms with Crippen LogP contribution in [0.25, 0.3) is 0 Å². The SMILES string of the molecule is O=Cc1cccn1CC(=O)NCC1CCCO1. The van der Waals surface area contributed by atoms with Crippen LogP contribution in [0.4, 0.5) is 0 Å². The quantitative estimate of drug-likeness (QED) is 0.761. The van der Waals surface area contributed by atoms with Gasteiger partial charge in [0.2, 0.25) is 5.91 Å². The summed E-state index contributed by atoms with van der Waals surface area (Å²) in [4.78, 5) is 22.3. The van der Waals surface area contributed by atoms with Crippen molar-refractivity contribution in [3.8, 4) is 0 Å². The van der Waals surface area contributed by atoms with Crippen LogP contribution in [0.3, 0.4) is 0 Å². The highest BCUT2D eigenvalue weighted by Crippen LogP contribution is 2.10. The van der Waals surface area contributed by atoms with E-state index in [1.54, 1.807) is 22.9 Å². The number of amides is 1. The smallest absolute Gasteiger partial charge is 0.240 e. The van der Waals surface area contributed by atoms with Gasteiger partial charge in [0.15, 0.2) is 6.29 Å². The van der Waals surface area contributed by atoms with Crippen molar-refractivity contribution < 1.29 is 14.3 Å². The predicted octanol–water partition coefficient (Wildman–Crippen LogP) is 0.596. The van der Waals surface area contributed by atoms with E-state index in [0.717, 1.165) is 25.7 Å². The number of hydrogen-bond acceptors (Lipinski definition) is 3. The summed E-state index contributed by atoms with van der Waals surface area (Å²) in [6, 6.07) is 3.43. The molecule has 1 aromatic rings. The van der Waals surface area contributed by atoms with E-state index < -0.39 is 0 Å². The molecule has 1 atom stereocenters. The van der Waals surface area contributed by atoms with Crippen molar-refractivity contribution in [1.82, 2.24) is 9.88 Å². The van der Waals surface area contributed by atoms with Gasteiger partial charge >= 0.3 is 0 Å². The number of nitrogens with one attached hydrogen (secondary N) is 1. The summed E-state index contributed by atoms with van der Waals surface area (Å²) >= 11 is 0. The molecule has 0 bridgehead atoms. The van der Waals surface area contributed by atoms with E-state index in [-0.39, 0.29) is 18.6 Å². The lowest BCUT2D eigenvalue weighted by molar-refractivity contribution is -0.122. The minimum absolute atomic E-state index is 0.0974. The van der Waals surface area contributed by atoms with E-state index in [9.17, 15) is 9.59 Å². The third kappa shape index (κ3) is 3.17. The van der Waals surface area contributed by atoms with Crippen molar-refractivity contribution in [1.29, 1.82) is 0 Å². The molecule has 17 heavy (non-hydrogen) atoms. The standard InChI is InChI=1S/C12H16N2O3/c15-9-10-3-1-5-14(10)8-12(16)13-7-11-4-2-6-17-11/h1,3,5,9,11H,2,4,6-8H2,(H,13,16). The summed E-state index contributed by atoms with van der Waals surface area (Å²) in [5.41, 5.74) is 0.511. The Labute approximate surface area is 99.8 Å². The zero-order valence-electron chi connectivity index (χ0n) is 9.59. The molecule has 1 saturated heterocycles. The van der Waals surface area contributed by atoms with E-state index in [2.05, 4.69) is 5.32 Å². The molecular weight excluding hydrogens is 220 g/mol. The van der Waals surface area contributed by atoms with Crippen molar-refractivity contribution in [2.45, 2.75) is 25.5 Å². The van der Waals surface area contributed by atoms with E-state index >= 15 is 0 Å². The van der Waals surface area contributed by atoms with E-state index in [1.807, 2.05) is 0 Å². The maximum absolute atomic E-state index is 11.6. The zero-order chi connectivity index (χ0) is 12.1. The average Bonchev–Trinajstić information content (AvgIpc) is 2.97. The topological polar surface area (TPSA) is 60.3 Å². The van der Waals surface area contributed by atoms with Gasteiger partial charge in [-0.3, -0.25) is 9.59 Å². The first-order chi connectivity index (χ1) is 8.29. The van der Waals surface area contributed by atoms with E-state index in [4.69, 9.17) is 4.74 Å². The summed E-state index contributed by atoms with van der Waals surface area (Å²) in [6.07, 6.45) is 4.67. The molecule has 1 unspecified atom stereocenters. The molecule has 5 heteroatoms. The Morgan fingerprint density at radius 1 is 1.65 bits per heavy atom. The summed E-state index contributed by atoms with van der Waals surface area (Å²) < 4.78 is 7.03. The number of aromatic nitrogens is 1. The second-order valence-corrected chi connectivity index (χ2v) is 4.12. The van der Waals surface area contributed by atoms with Crippen LogP contribution in [0.15, 0.2) is 18.3 Å². The van der Waals surface area contributed by atoms with Gasteiger partial charge in [-0.15, -0.1) is 0 Å². The zero-order valence-corrected chi connectivity index (χ0v) is 9.59. The fourth-order valence-corrected chi connectivity index (χ4v) is 1.92. The van der Waals surface area contributed by atoms with Crippen molar-refractivity contribution in [3.05, 3.63) is 24.0 Å². The first kappa shape index (κ1) is 11.9. The largest absolute Gasteiger partial charge is 0.376 e. The van der Waals surface area contributed by atoms with Gasteiger partial charge in [0, 0.05) is 19.3 Å². The van der Waals surface area contributed by atoms with Gasteiger partial charge in [-0.25, -0.2) is 0 Å². The number of rotatable bonds is 5. The molecule has 1 N–H and O–H groups in total. The molecule has 1 aromatic heterocycles. The van der Waals surface area contributed by atoms with Crippen LogP contribution in [0.1, 0.15) is 23.3 Å². The van der Waals surface area contributed by atoms with Crippen molar-refractivity contribution in [2.75, 3.05) is 13.2 Å². The number of ether oxygens (including phenoxy) is 1. The first-order valence-corrected chi connectivity index (χ1v) is 5.78. The highest BCUT2D eigenvalue weighted by molar-refractivity contribution is 5.78. The lowest BCUT2D eigenvalue weighted by Gasteiger charge is -2.11. The number of carbonyl (C=O) groups is 2. The molecular formula is C12H16N2O3. The number of hydrogen-bond donors (Lipinski definition) is 1. The van der Waals surface area contributed by atoms with E-state index in [0.29, 0.717) is 12.2 Å². The summed E-state index contributed by atoms with van der Waals surface area (Å²) in [6.45, 7) is 1.51. The lowest BCUT2D eigenvalue weighted by Crippen LogP contribution is -2.34. The molecule has 0 spiro atoms. The third-order valence-corrected chi connectivity index (χ3v) is 2.85. The average molecular weight is 236 g/mol. The van der Waals surface area contributed by atoms with Gasteiger partial charge in [-0.2, -0.15) is 0 Å². The summed E-state index contributed by atoms with van der Waals surface area (Å²) in [7, 11) is 0. The predicted molar refractivity (Wildman–Crippen MR) is 61.8 cm³/mol. The molecule has 1 aliphatic rings. The third-order valence-electron chi connectivity index (χ3n) is 2.85. The monoisotopic (exact) mass is 236 g/mol. The Balaban J connectivity index is 1.78. The van der Waals surface area contributed by atoms with Gasteiger partial charge in [0.25, 0.3) is 0 Å². The lowest BCUT2D eigenvalue weighted by atomic mass is 10.2. The van der Waals surface area contributed by atoms with Crippen LogP contribution < -0.4 is 5.32 Å². The normalized spacial score (nSPS) is 19.2. The van der Waals surface area contributed by atoms with Gasteiger partial charge in [0.1, 0.15) is 6.54 Å². The molecule has 0 radical (unpaired) electrons. The molecule has 2 heterocycles. The molecule has 2 rings (SSSR count). The molecule has 0 aromatic carbocycles. The van der Waals surface area contributed by atoms with Crippen LogP contribution in [-0.4, -0.2) is 36.0 Å². The molecule has 0 saturated carbocycles. The van der Waals surface area contributed by atoms with Crippen molar-refractivity contribution in [2.24, 2.45) is 0 Å². The number of aldehydes is 1. The maximum Gasteiger partial charge on any atom is 0.240 e. The van der Waals surface area contributed by atoms with Crippen molar-refractivity contribution in [3.63, 3.8) is 0 Å². The Hall–Kier alpha value is -1.62. The Kier molecular flexibility index (Phi) is 3.93. The Morgan fingerprint density at radius 3 is 3.24 bits per heavy atom. The molecule has 1 amide bonds. The van der Waals surface area contributed by atoms with Crippen LogP contribution in [0.2, 0.25) is 0 Å². The minimum atomic E-state index is -0.0974. The van der Waals surface area contributed by atoms with Crippen LogP contribution >= 0.6 is 0 Å². The molecule has 5 nitrogen and oxygen atoms in total. The molecule has 1 aliphatic heterocycles. The van der Waals surface area contributed by atoms with Gasteiger partial charge in [-0.1, -0.05) is 0 Å². The molecule has 0 aliphatic carbocycles. The van der Waals surface area contributed by atoms with Crippen molar-refractivity contribution >= 4 is 12.2 Å². The fourth-order valence-electron chi connectivity index (χ4n) is 1.92. The van der Waals surface area contributed by atoms with E-state index in [1.165, 1.54) is 0 Å². The second kappa shape index (κ2) is 5.63. The number of carbonyl (C=O) groups excluding carboxylic acids is 2. The summed E-state index contributed by atoms with van der Waals surface area (Å²) in [5, 5.41) is 2.81. The van der Waals surface area contributed by atoms with Gasteiger partial charge in [-0.05, 0) is 25.0 Å². The fraction of sp³-hybridized carbons (Fsp3) is 0.500.